The minimum Gasteiger partial charge on any atom is -0.454 e. The summed E-state index contributed by atoms with van der Waals surface area (Å²) in [6.45, 7) is 14.6. The number of hydrogen-bond acceptors (Lipinski definition) is 3. The Morgan fingerprint density at radius 3 is 2.07 bits per heavy atom. The van der Waals surface area contributed by atoms with Crippen LogP contribution in [0.2, 0.25) is 0 Å². The minimum atomic E-state index is -0.639. The van der Waals surface area contributed by atoms with Crippen molar-refractivity contribution in [3.8, 4) is 0 Å². The summed E-state index contributed by atoms with van der Waals surface area (Å²) >= 11 is 0. The Morgan fingerprint density at radius 2 is 1.73 bits per heavy atom. The summed E-state index contributed by atoms with van der Waals surface area (Å²) < 4.78 is 10.9. The van der Waals surface area contributed by atoms with Gasteiger partial charge in [0.1, 0.15) is 5.60 Å². The van der Waals surface area contributed by atoms with Crippen LogP contribution in [0, 0.1) is 0 Å². The van der Waals surface area contributed by atoms with E-state index in [1.807, 2.05) is 34.6 Å². The van der Waals surface area contributed by atoms with E-state index in [9.17, 15) is 4.79 Å². The molecule has 0 unspecified atom stereocenters. The number of esters is 1. The highest BCUT2D eigenvalue weighted by atomic mass is 16.6. The lowest BCUT2D eigenvalue weighted by atomic mass is 10.0. The topological polar surface area (TPSA) is 35.5 Å². The SMILES string of the molecule is C=C(C)C(=O)OC(C)(C)[C@@H](C)OC(C)C. The fourth-order valence-electron chi connectivity index (χ4n) is 0.981. The predicted molar refractivity (Wildman–Crippen MR) is 60.7 cm³/mol. The zero-order chi connectivity index (χ0) is 12.2. The van der Waals surface area contributed by atoms with Crippen LogP contribution in [0.25, 0.3) is 0 Å². The quantitative estimate of drug-likeness (QED) is 0.521. The van der Waals surface area contributed by atoms with Gasteiger partial charge in [-0.05, 0) is 41.5 Å². The number of ether oxygens (including phenoxy) is 2. The van der Waals surface area contributed by atoms with E-state index in [1.165, 1.54) is 0 Å². The molecule has 0 aromatic heterocycles. The fourth-order valence-corrected chi connectivity index (χ4v) is 0.981. The second-order valence-corrected chi connectivity index (χ2v) is 4.60. The normalized spacial score (nSPS) is 13.8. The van der Waals surface area contributed by atoms with E-state index < -0.39 is 5.60 Å². The number of carbonyl (C=O) groups is 1. The first-order valence-electron chi connectivity index (χ1n) is 5.21. The summed E-state index contributed by atoms with van der Waals surface area (Å²) in [7, 11) is 0. The molecule has 0 heterocycles. The lowest BCUT2D eigenvalue weighted by Crippen LogP contribution is -2.42. The van der Waals surface area contributed by atoms with Crippen molar-refractivity contribution in [2.75, 3.05) is 0 Å². The third kappa shape index (κ3) is 4.98. The van der Waals surface area contributed by atoms with Crippen LogP contribution in [0.1, 0.15) is 41.5 Å². The fraction of sp³-hybridized carbons (Fsp3) is 0.750. The van der Waals surface area contributed by atoms with E-state index in [-0.39, 0.29) is 18.2 Å². The van der Waals surface area contributed by atoms with Crippen molar-refractivity contribution in [2.45, 2.75) is 59.4 Å². The van der Waals surface area contributed by atoms with Crippen molar-refractivity contribution in [2.24, 2.45) is 0 Å². The lowest BCUT2D eigenvalue weighted by molar-refractivity contribution is -0.169. The highest BCUT2D eigenvalue weighted by molar-refractivity contribution is 5.87. The van der Waals surface area contributed by atoms with Gasteiger partial charge in [-0.3, -0.25) is 0 Å². The molecule has 1 atom stereocenters. The summed E-state index contributed by atoms with van der Waals surface area (Å²) in [5, 5.41) is 0. The molecule has 0 aliphatic heterocycles. The van der Waals surface area contributed by atoms with E-state index >= 15 is 0 Å². The minimum absolute atomic E-state index is 0.114. The molecule has 0 radical (unpaired) electrons. The molecule has 0 spiro atoms. The van der Waals surface area contributed by atoms with Gasteiger partial charge < -0.3 is 9.47 Å². The van der Waals surface area contributed by atoms with Gasteiger partial charge in [-0.1, -0.05) is 6.58 Å². The highest BCUT2D eigenvalue weighted by Gasteiger charge is 2.31. The predicted octanol–water partition coefficient (Wildman–Crippen LogP) is 2.70. The first-order chi connectivity index (χ1) is 6.66. The average molecular weight is 214 g/mol. The van der Waals surface area contributed by atoms with Crippen LogP contribution in [0.15, 0.2) is 12.2 Å². The maximum Gasteiger partial charge on any atom is 0.333 e. The van der Waals surface area contributed by atoms with Crippen LogP contribution in [0.4, 0.5) is 0 Å². The van der Waals surface area contributed by atoms with Crippen molar-refractivity contribution < 1.29 is 14.3 Å². The Bertz CT molecular complexity index is 241. The van der Waals surface area contributed by atoms with Crippen molar-refractivity contribution in [1.29, 1.82) is 0 Å². The maximum absolute atomic E-state index is 11.4. The van der Waals surface area contributed by atoms with Gasteiger partial charge in [-0.15, -0.1) is 0 Å². The van der Waals surface area contributed by atoms with Crippen LogP contribution < -0.4 is 0 Å². The molecule has 3 nitrogen and oxygen atoms in total. The van der Waals surface area contributed by atoms with E-state index in [0.717, 1.165) is 0 Å². The summed E-state index contributed by atoms with van der Waals surface area (Å²) in [6.07, 6.45) is -0.0383. The summed E-state index contributed by atoms with van der Waals surface area (Å²) in [6, 6.07) is 0. The molecule has 88 valence electrons. The molecule has 3 heteroatoms. The van der Waals surface area contributed by atoms with E-state index in [4.69, 9.17) is 9.47 Å². The number of hydrogen-bond donors (Lipinski definition) is 0. The van der Waals surface area contributed by atoms with Crippen LogP contribution in [0.5, 0.6) is 0 Å². The van der Waals surface area contributed by atoms with Gasteiger partial charge in [0, 0.05) is 5.57 Å². The monoisotopic (exact) mass is 214 g/mol. The first kappa shape index (κ1) is 14.2. The van der Waals surface area contributed by atoms with Gasteiger partial charge in [-0.25, -0.2) is 4.79 Å². The molecule has 0 saturated heterocycles. The zero-order valence-electron chi connectivity index (χ0n) is 10.6. The van der Waals surface area contributed by atoms with Gasteiger partial charge in [0.05, 0.1) is 12.2 Å². The molecule has 0 aromatic carbocycles. The molecule has 0 rings (SSSR count). The zero-order valence-corrected chi connectivity index (χ0v) is 10.6. The van der Waals surface area contributed by atoms with Crippen LogP contribution >= 0.6 is 0 Å². The standard InChI is InChI=1S/C12H22O3/c1-8(2)11(13)15-12(6,7)10(5)14-9(3)4/h9-10H,1H2,2-7H3/t10-/m1/s1. The molecule has 0 fully saturated rings. The van der Waals surface area contributed by atoms with Crippen molar-refractivity contribution in [3.05, 3.63) is 12.2 Å². The Labute approximate surface area is 92.5 Å². The third-order valence-electron chi connectivity index (χ3n) is 2.16. The van der Waals surface area contributed by atoms with Crippen LogP contribution in [-0.2, 0) is 14.3 Å². The molecule has 0 aromatic rings. The van der Waals surface area contributed by atoms with Crippen molar-refractivity contribution in [1.82, 2.24) is 0 Å². The lowest BCUT2D eigenvalue weighted by Gasteiger charge is -2.32. The van der Waals surface area contributed by atoms with Gasteiger partial charge in [0.2, 0.25) is 0 Å². The Balaban J connectivity index is 4.40. The average Bonchev–Trinajstić information content (AvgIpc) is 2.01. The van der Waals surface area contributed by atoms with Crippen molar-refractivity contribution in [3.63, 3.8) is 0 Å². The Kier molecular flexibility index (Phi) is 5.01. The van der Waals surface area contributed by atoms with Gasteiger partial charge in [0.15, 0.2) is 0 Å². The Morgan fingerprint density at radius 1 is 1.27 bits per heavy atom. The van der Waals surface area contributed by atoms with Crippen LogP contribution in [0.3, 0.4) is 0 Å². The molecular weight excluding hydrogens is 192 g/mol. The van der Waals surface area contributed by atoms with E-state index in [0.29, 0.717) is 5.57 Å². The number of carbonyl (C=O) groups excluding carboxylic acids is 1. The smallest absolute Gasteiger partial charge is 0.333 e. The molecule has 0 aliphatic carbocycles. The van der Waals surface area contributed by atoms with Gasteiger partial charge >= 0.3 is 5.97 Å². The molecule has 15 heavy (non-hydrogen) atoms. The molecule has 0 saturated carbocycles. The van der Waals surface area contributed by atoms with Crippen molar-refractivity contribution >= 4 is 5.97 Å². The largest absolute Gasteiger partial charge is 0.454 e. The Hall–Kier alpha value is -0.830. The first-order valence-corrected chi connectivity index (χ1v) is 5.21. The van der Waals surface area contributed by atoms with Gasteiger partial charge in [0.25, 0.3) is 0 Å². The second kappa shape index (κ2) is 5.31. The third-order valence-corrected chi connectivity index (χ3v) is 2.16. The second-order valence-electron chi connectivity index (χ2n) is 4.60. The van der Waals surface area contributed by atoms with E-state index in [2.05, 4.69) is 6.58 Å². The molecular formula is C12H22O3. The summed E-state index contributed by atoms with van der Waals surface area (Å²) in [5.41, 5.74) is -0.236. The molecule has 0 bridgehead atoms. The highest BCUT2D eigenvalue weighted by Crippen LogP contribution is 2.20. The summed E-state index contributed by atoms with van der Waals surface area (Å²) in [5.74, 6) is -0.376. The molecule has 0 N–H and O–H groups in total. The van der Waals surface area contributed by atoms with Crippen LogP contribution in [-0.4, -0.2) is 23.8 Å². The van der Waals surface area contributed by atoms with Gasteiger partial charge in [-0.2, -0.15) is 0 Å². The van der Waals surface area contributed by atoms with E-state index in [1.54, 1.807) is 6.92 Å². The maximum atomic E-state index is 11.4. The molecule has 0 amide bonds. The summed E-state index contributed by atoms with van der Waals surface area (Å²) in [4.78, 5) is 11.4. The number of rotatable bonds is 5. The molecule has 0 aliphatic rings.